The van der Waals surface area contributed by atoms with Gasteiger partial charge in [0, 0.05) is 57.3 Å². The summed E-state index contributed by atoms with van der Waals surface area (Å²) in [7, 11) is 1.57. The number of nitrogens with zero attached hydrogens (tertiary/aromatic N) is 3. The second-order valence-corrected chi connectivity index (χ2v) is 7.68. The van der Waals surface area contributed by atoms with Gasteiger partial charge in [0.05, 0.1) is 17.5 Å². The molecular formula is C22H21F2N3O3. The molecule has 0 radical (unpaired) electrons. The van der Waals surface area contributed by atoms with Crippen LogP contribution in [0.4, 0.5) is 14.5 Å². The Hall–Kier alpha value is -3.13. The predicted octanol–water partition coefficient (Wildman–Crippen LogP) is 3.52. The van der Waals surface area contributed by atoms with Crippen LogP contribution >= 0.6 is 0 Å². The molecule has 0 N–H and O–H groups in total. The fourth-order valence-electron chi connectivity index (χ4n) is 4.15. The lowest BCUT2D eigenvalue weighted by Gasteiger charge is -2.36. The third-order valence-corrected chi connectivity index (χ3v) is 5.87. The number of furan rings is 1. The van der Waals surface area contributed by atoms with E-state index in [4.69, 9.17) is 8.83 Å². The van der Waals surface area contributed by atoms with Crippen LogP contribution in [0.5, 0.6) is 0 Å². The van der Waals surface area contributed by atoms with Crippen molar-refractivity contribution in [2.75, 3.05) is 37.6 Å². The molecular weight excluding hydrogens is 392 g/mol. The minimum Gasteiger partial charge on any atom is -0.464 e. The molecule has 5 rings (SSSR count). The average Bonchev–Trinajstić information content (AvgIpc) is 3.27. The Morgan fingerprint density at radius 1 is 1.03 bits per heavy atom. The van der Waals surface area contributed by atoms with Crippen LogP contribution in [-0.2, 0) is 13.5 Å². The minimum atomic E-state index is -0.501. The van der Waals surface area contributed by atoms with E-state index in [9.17, 15) is 13.6 Å². The number of oxazole rings is 1. The van der Waals surface area contributed by atoms with Crippen molar-refractivity contribution in [2.24, 2.45) is 7.05 Å². The van der Waals surface area contributed by atoms with E-state index in [-0.39, 0.29) is 5.82 Å². The molecule has 0 amide bonds. The van der Waals surface area contributed by atoms with E-state index in [0.29, 0.717) is 35.5 Å². The zero-order valence-electron chi connectivity index (χ0n) is 16.5. The van der Waals surface area contributed by atoms with Crippen LogP contribution in [0.3, 0.4) is 0 Å². The van der Waals surface area contributed by atoms with E-state index in [1.807, 2.05) is 4.90 Å². The molecule has 6 nitrogen and oxygen atoms in total. The summed E-state index contributed by atoms with van der Waals surface area (Å²) in [4.78, 5) is 16.2. The second kappa shape index (κ2) is 7.28. The first-order valence-corrected chi connectivity index (χ1v) is 9.91. The van der Waals surface area contributed by atoms with Crippen molar-refractivity contribution in [1.29, 1.82) is 0 Å². The summed E-state index contributed by atoms with van der Waals surface area (Å²) >= 11 is 0. The van der Waals surface area contributed by atoms with Crippen LogP contribution in [0.15, 0.2) is 50.2 Å². The van der Waals surface area contributed by atoms with Gasteiger partial charge in [-0.1, -0.05) is 0 Å². The molecule has 0 aliphatic carbocycles. The third kappa shape index (κ3) is 3.27. The van der Waals surface area contributed by atoms with Gasteiger partial charge in [0.15, 0.2) is 5.58 Å². The largest absolute Gasteiger partial charge is 0.464 e. The van der Waals surface area contributed by atoms with Crippen LogP contribution in [-0.4, -0.2) is 42.2 Å². The topological polar surface area (TPSA) is 54.8 Å². The first kappa shape index (κ1) is 18.9. The average molecular weight is 413 g/mol. The number of aryl methyl sites for hydroxylation is 1. The summed E-state index contributed by atoms with van der Waals surface area (Å²) < 4.78 is 39.9. The lowest BCUT2D eigenvalue weighted by Crippen LogP contribution is -2.47. The smallest absolute Gasteiger partial charge is 0.419 e. The maximum Gasteiger partial charge on any atom is 0.419 e. The van der Waals surface area contributed by atoms with E-state index >= 15 is 0 Å². The summed E-state index contributed by atoms with van der Waals surface area (Å²) in [5.74, 6) is -1.16. The fourth-order valence-corrected chi connectivity index (χ4v) is 4.15. The number of piperazine rings is 1. The maximum atomic E-state index is 14.1. The standard InChI is InChI=1S/C22H21F2N3O3/c1-25-18-11-16(24)12-19(21(18)30-22(25)28)27-8-6-26(7-9-27)5-4-14-13-29-20-3-2-15(23)10-17(14)20/h2-3,10-13H,4-9H2,1H3. The molecule has 0 spiro atoms. The number of anilines is 1. The molecule has 0 atom stereocenters. The van der Waals surface area contributed by atoms with E-state index in [0.717, 1.165) is 37.0 Å². The van der Waals surface area contributed by atoms with Crippen LogP contribution < -0.4 is 10.7 Å². The molecule has 4 aromatic rings. The highest BCUT2D eigenvalue weighted by atomic mass is 19.1. The Balaban J connectivity index is 1.28. The summed E-state index contributed by atoms with van der Waals surface area (Å²) in [6.07, 6.45) is 2.45. The first-order valence-electron chi connectivity index (χ1n) is 9.91. The highest BCUT2D eigenvalue weighted by molar-refractivity contribution is 5.87. The zero-order valence-corrected chi connectivity index (χ0v) is 16.5. The third-order valence-electron chi connectivity index (χ3n) is 5.87. The zero-order chi connectivity index (χ0) is 20.8. The van der Waals surface area contributed by atoms with Gasteiger partial charge >= 0.3 is 5.76 Å². The lowest BCUT2D eigenvalue weighted by molar-refractivity contribution is 0.261. The maximum absolute atomic E-state index is 14.1. The number of hydrogen-bond acceptors (Lipinski definition) is 5. The predicted molar refractivity (Wildman–Crippen MR) is 110 cm³/mol. The van der Waals surface area contributed by atoms with Gasteiger partial charge in [-0.2, -0.15) is 0 Å². The van der Waals surface area contributed by atoms with Crippen molar-refractivity contribution in [2.45, 2.75) is 6.42 Å². The molecule has 0 saturated carbocycles. The highest BCUT2D eigenvalue weighted by Crippen LogP contribution is 2.29. The second-order valence-electron chi connectivity index (χ2n) is 7.68. The Kier molecular flexibility index (Phi) is 4.58. The SMILES string of the molecule is Cn1c(=O)oc2c(N3CCN(CCc4coc5ccc(F)cc45)CC3)cc(F)cc21. The molecule has 156 valence electrons. The van der Waals surface area contributed by atoms with Crippen molar-refractivity contribution in [3.05, 3.63) is 64.3 Å². The van der Waals surface area contributed by atoms with Gasteiger partial charge in [0.25, 0.3) is 0 Å². The molecule has 2 aromatic heterocycles. The van der Waals surface area contributed by atoms with Crippen molar-refractivity contribution in [3.8, 4) is 0 Å². The van der Waals surface area contributed by atoms with Gasteiger partial charge in [-0.25, -0.2) is 13.6 Å². The van der Waals surface area contributed by atoms with Gasteiger partial charge in [0.1, 0.15) is 17.2 Å². The lowest BCUT2D eigenvalue weighted by atomic mass is 10.1. The van der Waals surface area contributed by atoms with Crippen molar-refractivity contribution < 1.29 is 17.6 Å². The Morgan fingerprint density at radius 3 is 2.63 bits per heavy atom. The van der Waals surface area contributed by atoms with Gasteiger partial charge in [-0.05, 0) is 30.2 Å². The van der Waals surface area contributed by atoms with E-state index in [1.54, 1.807) is 19.4 Å². The molecule has 2 aromatic carbocycles. The Morgan fingerprint density at radius 2 is 1.83 bits per heavy atom. The highest BCUT2D eigenvalue weighted by Gasteiger charge is 2.22. The molecule has 1 saturated heterocycles. The number of aromatic nitrogens is 1. The minimum absolute atomic E-state index is 0.271. The van der Waals surface area contributed by atoms with Crippen molar-refractivity contribution in [3.63, 3.8) is 0 Å². The van der Waals surface area contributed by atoms with Crippen LogP contribution in [0.25, 0.3) is 22.1 Å². The van der Waals surface area contributed by atoms with Crippen LogP contribution in [0, 0.1) is 11.6 Å². The normalized spacial score (nSPS) is 15.5. The van der Waals surface area contributed by atoms with Crippen molar-refractivity contribution >= 4 is 27.8 Å². The molecule has 8 heteroatoms. The quantitative estimate of drug-likeness (QED) is 0.513. The molecule has 1 aliphatic rings. The summed E-state index contributed by atoms with van der Waals surface area (Å²) in [5, 5.41) is 0.815. The van der Waals surface area contributed by atoms with Gasteiger partial charge in [0.2, 0.25) is 0 Å². The number of hydrogen-bond donors (Lipinski definition) is 0. The number of benzene rings is 2. The van der Waals surface area contributed by atoms with Gasteiger partial charge in [-0.15, -0.1) is 0 Å². The summed E-state index contributed by atoms with van der Waals surface area (Å²) in [6, 6.07) is 7.29. The molecule has 1 fully saturated rings. The number of halogens is 2. The molecule has 3 heterocycles. The van der Waals surface area contributed by atoms with E-state index < -0.39 is 11.6 Å². The molecule has 30 heavy (non-hydrogen) atoms. The Labute approximate surface area is 170 Å². The Bertz CT molecular complexity index is 1280. The van der Waals surface area contributed by atoms with Crippen LogP contribution in [0.2, 0.25) is 0 Å². The summed E-state index contributed by atoms with van der Waals surface area (Å²) in [6.45, 7) is 3.78. The van der Waals surface area contributed by atoms with Gasteiger partial charge in [-0.3, -0.25) is 9.47 Å². The monoisotopic (exact) mass is 413 g/mol. The van der Waals surface area contributed by atoms with E-state index in [1.165, 1.54) is 28.8 Å². The molecule has 1 aliphatic heterocycles. The van der Waals surface area contributed by atoms with Crippen LogP contribution in [0.1, 0.15) is 5.56 Å². The van der Waals surface area contributed by atoms with Gasteiger partial charge < -0.3 is 13.7 Å². The number of fused-ring (bicyclic) bond motifs is 2. The molecule has 0 bridgehead atoms. The first-order chi connectivity index (χ1) is 14.5. The fraction of sp³-hybridized carbons (Fsp3) is 0.318. The number of rotatable bonds is 4. The molecule has 0 unspecified atom stereocenters. The van der Waals surface area contributed by atoms with Crippen molar-refractivity contribution in [1.82, 2.24) is 9.47 Å². The summed E-state index contributed by atoms with van der Waals surface area (Å²) in [5.41, 5.74) is 3.17. The van der Waals surface area contributed by atoms with E-state index in [2.05, 4.69) is 4.90 Å².